The minimum atomic E-state index is 0.384. The van der Waals surface area contributed by atoms with E-state index in [-0.39, 0.29) is 0 Å². The van der Waals surface area contributed by atoms with Crippen molar-refractivity contribution >= 4 is 0 Å². The Labute approximate surface area is 123 Å². The average Bonchev–Trinajstić information content (AvgIpc) is 2.36. The van der Waals surface area contributed by atoms with Crippen LogP contribution in [0.3, 0.4) is 0 Å². The lowest BCUT2D eigenvalue weighted by Crippen LogP contribution is -2.22. The van der Waals surface area contributed by atoms with Gasteiger partial charge >= 0.3 is 0 Å². The van der Waals surface area contributed by atoms with E-state index in [9.17, 15) is 0 Å². The lowest BCUT2D eigenvalue weighted by molar-refractivity contribution is 0.0693. The van der Waals surface area contributed by atoms with Crippen molar-refractivity contribution in [2.45, 2.75) is 40.2 Å². The number of hydrogen-bond donors (Lipinski definition) is 1. The predicted octanol–water partition coefficient (Wildman–Crippen LogP) is 3.32. The van der Waals surface area contributed by atoms with Gasteiger partial charge in [0.1, 0.15) is 0 Å². The number of nitrogens with one attached hydrogen (secondary N) is 1. The molecule has 1 rings (SSSR count). The highest BCUT2D eigenvalue weighted by Gasteiger charge is 2.11. The second kappa shape index (κ2) is 9.11. The molecule has 20 heavy (non-hydrogen) atoms. The van der Waals surface area contributed by atoms with Crippen LogP contribution in [0.1, 0.15) is 41.6 Å². The maximum absolute atomic E-state index is 5.46. The minimum Gasteiger partial charge on any atom is -0.382 e. The summed E-state index contributed by atoms with van der Waals surface area (Å²) in [6.45, 7) is 11.9. The topological polar surface area (TPSA) is 30.5 Å². The Bertz CT molecular complexity index is 381. The normalized spacial score (nSPS) is 12.7. The predicted molar refractivity (Wildman–Crippen MR) is 84.4 cm³/mol. The van der Waals surface area contributed by atoms with Crippen molar-refractivity contribution in [3.8, 4) is 0 Å². The van der Waals surface area contributed by atoms with Crippen molar-refractivity contribution in [1.82, 2.24) is 5.32 Å². The van der Waals surface area contributed by atoms with Crippen LogP contribution in [0.15, 0.2) is 12.1 Å². The van der Waals surface area contributed by atoms with Crippen LogP contribution in [0, 0.1) is 20.8 Å². The van der Waals surface area contributed by atoms with Crippen LogP contribution >= 0.6 is 0 Å². The molecule has 0 fully saturated rings. The van der Waals surface area contributed by atoms with E-state index in [4.69, 9.17) is 9.47 Å². The molecule has 0 aliphatic rings. The van der Waals surface area contributed by atoms with E-state index >= 15 is 0 Å². The summed E-state index contributed by atoms with van der Waals surface area (Å²) in [6, 6.07) is 4.90. The summed E-state index contributed by atoms with van der Waals surface area (Å²) in [6.07, 6.45) is 1.03. The number of methoxy groups -OCH3 is 1. The molecule has 1 N–H and O–H groups in total. The van der Waals surface area contributed by atoms with Crippen molar-refractivity contribution in [2.75, 3.05) is 33.5 Å². The number of rotatable bonds is 9. The fourth-order valence-corrected chi connectivity index (χ4v) is 2.71. The van der Waals surface area contributed by atoms with Crippen molar-refractivity contribution in [3.05, 3.63) is 34.4 Å². The van der Waals surface area contributed by atoms with Gasteiger partial charge in [-0.3, -0.25) is 0 Å². The van der Waals surface area contributed by atoms with Crippen molar-refractivity contribution < 1.29 is 9.47 Å². The molecule has 1 atom stereocenters. The second-order valence-corrected chi connectivity index (χ2v) is 5.45. The van der Waals surface area contributed by atoms with Crippen LogP contribution in [-0.2, 0) is 9.47 Å². The van der Waals surface area contributed by atoms with Gasteiger partial charge < -0.3 is 14.8 Å². The zero-order valence-electron chi connectivity index (χ0n) is 13.6. The first kappa shape index (κ1) is 17.2. The lowest BCUT2D eigenvalue weighted by Gasteiger charge is -2.20. The molecule has 0 amide bonds. The fourth-order valence-electron chi connectivity index (χ4n) is 2.71. The highest BCUT2D eigenvalue weighted by atomic mass is 16.5. The van der Waals surface area contributed by atoms with Gasteiger partial charge in [0.25, 0.3) is 0 Å². The monoisotopic (exact) mass is 279 g/mol. The van der Waals surface area contributed by atoms with Gasteiger partial charge in [0, 0.05) is 19.8 Å². The zero-order valence-corrected chi connectivity index (χ0v) is 13.6. The van der Waals surface area contributed by atoms with E-state index in [0.717, 1.165) is 19.6 Å². The first-order chi connectivity index (χ1) is 9.56. The van der Waals surface area contributed by atoms with Crippen molar-refractivity contribution in [3.63, 3.8) is 0 Å². The SMILES string of the molecule is COCCOCCCNC(C)c1c(C)cc(C)cc1C. The lowest BCUT2D eigenvalue weighted by atomic mass is 9.95. The van der Waals surface area contributed by atoms with E-state index in [1.165, 1.54) is 22.3 Å². The van der Waals surface area contributed by atoms with Crippen LogP contribution in [0.4, 0.5) is 0 Å². The number of hydrogen-bond acceptors (Lipinski definition) is 3. The Morgan fingerprint density at radius 3 is 2.30 bits per heavy atom. The molecule has 1 aromatic carbocycles. The third-order valence-corrected chi connectivity index (χ3v) is 3.52. The summed E-state index contributed by atoms with van der Waals surface area (Å²) >= 11 is 0. The Hall–Kier alpha value is -0.900. The molecule has 0 saturated heterocycles. The Morgan fingerprint density at radius 1 is 1.05 bits per heavy atom. The molecule has 3 nitrogen and oxygen atoms in total. The van der Waals surface area contributed by atoms with Gasteiger partial charge in [-0.25, -0.2) is 0 Å². The quantitative estimate of drug-likeness (QED) is 0.703. The molecule has 1 aromatic rings. The van der Waals surface area contributed by atoms with E-state index in [0.29, 0.717) is 19.3 Å². The van der Waals surface area contributed by atoms with E-state index < -0.39 is 0 Å². The third-order valence-electron chi connectivity index (χ3n) is 3.52. The van der Waals surface area contributed by atoms with Crippen LogP contribution in [0.5, 0.6) is 0 Å². The number of benzene rings is 1. The molecule has 1 unspecified atom stereocenters. The highest BCUT2D eigenvalue weighted by molar-refractivity contribution is 5.39. The van der Waals surface area contributed by atoms with Gasteiger partial charge in [0.05, 0.1) is 13.2 Å². The number of ether oxygens (including phenoxy) is 2. The summed E-state index contributed by atoms with van der Waals surface area (Å²) in [5.74, 6) is 0. The molecule has 114 valence electrons. The molecule has 0 saturated carbocycles. The Morgan fingerprint density at radius 2 is 1.70 bits per heavy atom. The van der Waals surface area contributed by atoms with Crippen LogP contribution in [0.25, 0.3) is 0 Å². The molecule has 0 aliphatic carbocycles. The van der Waals surface area contributed by atoms with E-state index in [2.05, 4.69) is 45.1 Å². The Kier molecular flexibility index (Phi) is 7.82. The molecule has 0 aromatic heterocycles. The maximum Gasteiger partial charge on any atom is 0.0700 e. The van der Waals surface area contributed by atoms with Crippen LogP contribution in [-0.4, -0.2) is 33.5 Å². The summed E-state index contributed by atoms with van der Waals surface area (Å²) in [4.78, 5) is 0. The van der Waals surface area contributed by atoms with E-state index in [1.54, 1.807) is 7.11 Å². The first-order valence-corrected chi connectivity index (χ1v) is 7.44. The summed E-state index contributed by atoms with van der Waals surface area (Å²) in [7, 11) is 1.69. The molecule has 0 spiro atoms. The molecule has 3 heteroatoms. The van der Waals surface area contributed by atoms with Crippen LogP contribution < -0.4 is 5.32 Å². The standard InChI is InChI=1S/C17H29NO2/c1-13-11-14(2)17(15(3)12-13)16(4)18-7-6-8-20-10-9-19-5/h11-12,16,18H,6-10H2,1-5H3. The highest BCUT2D eigenvalue weighted by Crippen LogP contribution is 2.23. The summed E-state index contributed by atoms with van der Waals surface area (Å²) in [5, 5.41) is 3.58. The van der Waals surface area contributed by atoms with Crippen molar-refractivity contribution in [2.24, 2.45) is 0 Å². The smallest absolute Gasteiger partial charge is 0.0700 e. The minimum absolute atomic E-state index is 0.384. The first-order valence-electron chi connectivity index (χ1n) is 7.44. The molecular weight excluding hydrogens is 250 g/mol. The zero-order chi connectivity index (χ0) is 15.0. The number of aryl methyl sites for hydroxylation is 3. The average molecular weight is 279 g/mol. The summed E-state index contributed by atoms with van der Waals surface area (Å²) in [5.41, 5.74) is 5.51. The van der Waals surface area contributed by atoms with E-state index in [1.807, 2.05) is 0 Å². The molecule has 0 heterocycles. The van der Waals surface area contributed by atoms with Gasteiger partial charge in [0.2, 0.25) is 0 Å². The van der Waals surface area contributed by atoms with Gasteiger partial charge in [-0.2, -0.15) is 0 Å². The van der Waals surface area contributed by atoms with Gasteiger partial charge in [-0.15, -0.1) is 0 Å². The molecule has 0 radical (unpaired) electrons. The van der Waals surface area contributed by atoms with Gasteiger partial charge in [0.15, 0.2) is 0 Å². The largest absolute Gasteiger partial charge is 0.382 e. The van der Waals surface area contributed by atoms with Gasteiger partial charge in [-0.05, 0) is 57.4 Å². The van der Waals surface area contributed by atoms with Crippen LogP contribution in [0.2, 0.25) is 0 Å². The van der Waals surface area contributed by atoms with Gasteiger partial charge in [-0.1, -0.05) is 17.7 Å². The molecule has 0 aliphatic heterocycles. The Balaban J connectivity index is 2.34. The molecular formula is C17H29NO2. The molecule has 0 bridgehead atoms. The maximum atomic E-state index is 5.46. The second-order valence-electron chi connectivity index (χ2n) is 5.45. The third kappa shape index (κ3) is 5.61. The van der Waals surface area contributed by atoms with Crippen molar-refractivity contribution in [1.29, 1.82) is 0 Å². The summed E-state index contributed by atoms with van der Waals surface area (Å²) < 4.78 is 10.4. The fraction of sp³-hybridized carbons (Fsp3) is 0.647.